The summed E-state index contributed by atoms with van der Waals surface area (Å²) in [5.74, 6) is -0.656. The van der Waals surface area contributed by atoms with E-state index in [1.807, 2.05) is 0 Å². The molecule has 0 aliphatic rings. The first-order chi connectivity index (χ1) is 30.6. The van der Waals surface area contributed by atoms with Gasteiger partial charge in [0.25, 0.3) is 11.8 Å². The Balaban J connectivity index is 1.04. The van der Waals surface area contributed by atoms with E-state index in [0.717, 1.165) is 0 Å². The molecule has 314 valence electrons. The number of benzene rings is 7. The van der Waals surface area contributed by atoms with Crippen molar-refractivity contribution < 1.29 is 62.2 Å². The summed E-state index contributed by atoms with van der Waals surface area (Å²) in [7, 11) is 0. The Kier molecular flexibility index (Phi) is 13.6. The van der Waals surface area contributed by atoms with Crippen molar-refractivity contribution in [2.75, 3.05) is 10.6 Å². The molecule has 0 saturated heterocycles. The molecule has 0 bridgehead atoms. The van der Waals surface area contributed by atoms with Crippen molar-refractivity contribution in [3.8, 4) is 40.2 Å². The lowest BCUT2D eigenvalue weighted by Gasteiger charge is -2.15. The Bertz CT molecular complexity index is 2550. The van der Waals surface area contributed by atoms with Crippen LogP contribution in [0.1, 0.15) is 31.1 Å². The summed E-state index contributed by atoms with van der Waals surface area (Å²) in [4.78, 5) is 65.0. The highest BCUT2D eigenvalue weighted by Crippen LogP contribution is 2.25. The molecule has 0 aliphatic heterocycles. The van der Waals surface area contributed by atoms with Gasteiger partial charge < -0.3 is 48.9 Å². The first-order valence-electron chi connectivity index (χ1n) is 18.9. The van der Waals surface area contributed by atoms with Gasteiger partial charge in [0.2, 0.25) is 0 Å². The first kappa shape index (κ1) is 42.2. The lowest BCUT2D eigenvalue weighted by atomic mass is 10.1. The van der Waals surface area contributed by atoms with Gasteiger partial charge in [0.1, 0.15) is 40.2 Å². The Morgan fingerprint density at radius 2 is 0.730 bits per heavy atom. The van der Waals surface area contributed by atoms with Crippen LogP contribution in [0.4, 0.5) is 21.0 Å². The maximum absolute atomic E-state index is 13.6. The molecule has 7 aromatic carbocycles. The van der Waals surface area contributed by atoms with Gasteiger partial charge in [-0.05, 0) is 127 Å². The second-order valence-electron chi connectivity index (χ2n) is 13.0. The minimum Gasteiger partial charge on any atom is -0.432 e. The van der Waals surface area contributed by atoms with Gasteiger partial charge in [-0.25, -0.2) is 14.4 Å². The monoisotopic (exact) mass is 846 g/mol. The SMILES string of the molecule is O=C(Oc1ccccc1)Oc1ccc(NC(=O)c2cc(NC(=O)c3ccc(OC(O)Oc4ccccc4)cc3)cc(C(=O)Oc3ccc(OC(=O)Oc4ccccc4)cc3)c2)cc1. The van der Waals surface area contributed by atoms with E-state index in [1.54, 1.807) is 91.0 Å². The Hall–Kier alpha value is -8.95. The molecule has 1 unspecified atom stereocenters. The standard InChI is InChI=1S/C48H34N2O13/c51-43(31-16-20-40(21-17-31)61-46(54)58-36-10-4-1-5-11-36)50-35-29-32(44(52)49-34-18-22-41(23-19-34)62-47(55)59-37-12-6-2-7-13-37)28-33(30-35)45(53)57-39-24-26-42(27-25-39)63-48(56)60-38-14-8-3-9-15-38/h1-30,46,54H,(H,49,52)(H,50,51). The molecule has 3 N–H and O–H groups in total. The van der Waals surface area contributed by atoms with Gasteiger partial charge in [0.15, 0.2) is 0 Å². The average molecular weight is 847 g/mol. The summed E-state index contributed by atoms with van der Waals surface area (Å²) in [6, 6.07) is 46.4. The highest BCUT2D eigenvalue weighted by Gasteiger charge is 2.19. The average Bonchev–Trinajstić information content (AvgIpc) is 3.28. The van der Waals surface area contributed by atoms with Gasteiger partial charge >= 0.3 is 24.8 Å². The van der Waals surface area contributed by atoms with Crippen LogP contribution in [0.5, 0.6) is 40.2 Å². The third-order valence-electron chi connectivity index (χ3n) is 8.46. The van der Waals surface area contributed by atoms with Gasteiger partial charge in [-0.3, -0.25) is 9.59 Å². The molecule has 7 rings (SSSR count). The molecule has 1 atom stereocenters. The Morgan fingerprint density at radius 1 is 0.365 bits per heavy atom. The van der Waals surface area contributed by atoms with E-state index in [0.29, 0.717) is 22.9 Å². The fraction of sp³-hybridized carbons (Fsp3) is 0.0208. The maximum atomic E-state index is 13.6. The van der Waals surface area contributed by atoms with Gasteiger partial charge in [-0.1, -0.05) is 54.6 Å². The molecule has 7 aromatic rings. The van der Waals surface area contributed by atoms with E-state index in [1.165, 1.54) is 91.0 Å². The van der Waals surface area contributed by atoms with Crippen molar-refractivity contribution in [3.63, 3.8) is 0 Å². The largest absolute Gasteiger partial charge is 0.519 e. The molecule has 15 heteroatoms. The number of amides is 2. The third kappa shape index (κ3) is 12.5. The number of nitrogens with one attached hydrogen (secondary N) is 2. The van der Waals surface area contributed by atoms with Crippen molar-refractivity contribution in [2.24, 2.45) is 0 Å². The molecule has 0 spiro atoms. The number of carbonyl (C=O) groups excluding carboxylic acids is 5. The van der Waals surface area contributed by atoms with Crippen LogP contribution in [0.2, 0.25) is 0 Å². The van der Waals surface area contributed by atoms with Crippen LogP contribution >= 0.6 is 0 Å². The molecule has 15 nitrogen and oxygen atoms in total. The molecule has 0 radical (unpaired) electrons. The number of aliphatic hydroxyl groups is 1. The predicted octanol–water partition coefficient (Wildman–Crippen LogP) is 9.30. The molecule has 0 aliphatic carbocycles. The summed E-state index contributed by atoms with van der Waals surface area (Å²) in [5.41, 5.74) is 0.390. The number of esters is 1. The lowest BCUT2D eigenvalue weighted by Crippen LogP contribution is -2.23. The quantitative estimate of drug-likeness (QED) is 0.0406. The molecule has 0 fully saturated rings. The molecule has 0 heterocycles. The minimum atomic E-state index is -1.62. The van der Waals surface area contributed by atoms with Gasteiger partial charge in [-0.15, -0.1) is 0 Å². The van der Waals surface area contributed by atoms with Crippen molar-refractivity contribution in [1.29, 1.82) is 0 Å². The van der Waals surface area contributed by atoms with Gasteiger partial charge in [-0.2, -0.15) is 0 Å². The van der Waals surface area contributed by atoms with Crippen LogP contribution < -0.4 is 43.8 Å². The number of rotatable bonds is 14. The molecular weight excluding hydrogens is 813 g/mol. The van der Waals surface area contributed by atoms with Crippen LogP contribution in [0.25, 0.3) is 0 Å². The summed E-state index contributed by atoms with van der Waals surface area (Å²) in [5, 5.41) is 15.6. The van der Waals surface area contributed by atoms with Crippen LogP contribution in [-0.2, 0) is 0 Å². The lowest BCUT2D eigenvalue weighted by molar-refractivity contribution is -0.160. The van der Waals surface area contributed by atoms with Crippen molar-refractivity contribution in [1.82, 2.24) is 0 Å². The fourth-order valence-corrected chi connectivity index (χ4v) is 5.55. The zero-order chi connectivity index (χ0) is 44.0. The van der Waals surface area contributed by atoms with Crippen LogP contribution in [0, 0.1) is 0 Å². The number of carbonyl (C=O) groups is 5. The zero-order valence-corrected chi connectivity index (χ0v) is 32.7. The number of anilines is 2. The second kappa shape index (κ2) is 20.3. The normalized spacial score (nSPS) is 10.9. The molecule has 0 saturated carbocycles. The maximum Gasteiger partial charge on any atom is 0.519 e. The van der Waals surface area contributed by atoms with Crippen LogP contribution in [0.15, 0.2) is 182 Å². The number of hydrogen-bond acceptors (Lipinski definition) is 13. The highest BCUT2D eigenvalue weighted by molar-refractivity contribution is 6.09. The molecule has 0 aromatic heterocycles. The van der Waals surface area contributed by atoms with E-state index in [2.05, 4.69) is 10.6 Å². The molecule has 2 amide bonds. The highest BCUT2D eigenvalue weighted by atomic mass is 16.8. The van der Waals surface area contributed by atoms with Crippen molar-refractivity contribution in [2.45, 2.75) is 6.48 Å². The summed E-state index contributed by atoms with van der Waals surface area (Å²) in [6.45, 7) is -1.62. The minimum absolute atomic E-state index is 0.0386. The second-order valence-corrected chi connectivity index (χ2v) is 13.0. The fourth-order valence-electron chi connectivity index (χ4n) is 5.55. The summed E-state index contributed by atoms with van der Waals surface area (Å²) < 4.78 is 37.0. The van der Waals surface area contributed by atoms with E-state index in [-0.39, 0.29) is 45.4 Å². The number of ether oxygens (including phenoxy) is 7. The molecule has 63 heavy (non-hydrogen) atoms. The summed E-state index contributed by atoms with van der Waals surface area (Å²) in [6.07, 6.45) is -1.93. The Labute approximate surface area is 358 Å². The van der Waals surface area contributed by atoms with Crippen molar-refractivity contribution in [3.05, 3.63) is 199 Å². The predicted molar refractivity (Wildman–Crippen MR) is 227 cm³/mol. The zero-order valence-electron chi connectivity index (χ0n) is 32.7. The smallest absolute Gasteiger partial charge is 0.432 e. The third-order valence-corrected chi connectivity index (χ3v) is 8.46. The summed E-state index contributed by atoms with van der Waals surface area (Å²) >= 11 is 0. The first-order valence-corrected chi connectivity index (χ1v) is 18.9. The van der Waals surface area contributed by atoms with Crippen LogP contribution in [-0.4, -0.2) is 41.7 Å². The van der Waals surface area contributed by atoms with Gasteiger partial charge in [0, 0.05) is 22.5 Å². The van der Waals surface area contributed by atoms with Crippen molar-refractivity contribution >= 4 is 41.5 Å². The topological polar surface area (TPSA) is 194 Å². The number of aliphatic hydroxyl groups excluding tert-OH is 1. The number of para-hydroxylation sites is 3. The Morgan fingerprint density at radius 3 is 1.24 bits per heavy atom. The number of hydrogen-bond donors (Lipinski definition) is 3. The van der Waals surface area contributed by atoms with Gasteiger partial charge in [0.05, 0.1) is 5.56 Å². The van der Waals surface area contributed by atoms with E-state index < -0.39 is 36.6 Å². The van der Waals surface area contributed by atoms with E-state index in [4.69, 9.17) is 33.2 Å². The van der Waals surface area contributed by atoms with E-state index >= 15 is 0 Å². The van der Waals surface area contributed by atoms with E-state index in [9.17, 15) is 29.1 Å². The van der Waals surface area contributed by atoms with Crippen LogP contribution in [0.3, 0.4) is 0 Å². The molecular formula is C48H34N2O13.